The fraction of sp³-hybridized carbons (Fsp3) is 0.556. The van der Waals surface area contributed by atoms with Crippen LogP contribution in [0.1, 0.15) is 12.6 Å². The zero-order chi connectivity index (χ0) is 12.4. The third-order valence-electron chi connectivity index (χ3n) is 2.36. The lowest BCUT2D eigenvalue weighted by atomic mass is 10.3. The van der Waals surface area contributed by atoms with E-state index >= 15 is 0 Å². The van der Waals surface area contributed by atoms with Gasteiger partial charge in [-0.3, -0.25) is 14.3 Å². The lowest BCUT2D eigenvalue weighted by molar-refractivity contribution is -0.247. The Morgan fingerprint density at radius 2 is 2.35 bits per heavy atom. The first-order valence-corrected chi connectivity index (χ1v) is 5.00. The summed E-state index contributed by atoms with van der Waals surface area (Å²) >= 11 is 0. The summed E-state index contributed by atoms with van der Waals surface area (Å²) in [4.78, 5) is 24.1. The summed E-state index contributed by atoms with van der Waals surface area (Å²) in [5.41, 5.74) is -1.84. The van der Waals surface area contributed by atoms with Crippen molar-refractivity contribution in [3.8, 4) is 0 Å². The van der Waals surface area contributed by atoms with Gasteiger partial charge in [-0.2, -0.15) is 4.39 Å². The summed E-state index contributed by atoms with van der Waals surface area (Å²) in [5.74, 6) is -1.07. The SMILES string of the molecule is O=c1[nH]c(=O)n([C@@H]2CCO[C@H](CO)O2)cc1F. The molecular weight excluding hydrogens is 235 g/mol. The van der Waals surface area contributed by atoms with Crippen molar-refractivity contribution >= 4 is 0 Å². The van der Waals surface area contributed by atoms with Gasteiger partial charge in [0.2, 0.25) is 5.82 Å². The number of hydrogen-bond donors (Lipinski definition) is 2. The molecule has 7 nitrogen and oxygen atoms in total. The van der Waals surface area contributed by atoms with E-state index in [0.29, 0.717) is 6.42 Å². The van der Waals surface area contributed by atoms with Crippen molar-refractivity contribution in [3.63, 3.8) is 0 Å². The van der Waals surface area contributed by atoms with Gasteiger partial charge in [0.1, 0.15) is 6.23 Å². The Bertz CT molecular complexity index is 511. The molecule has 1 saturated heterocycles. The molecule has 0 unspecified atom stereocenters. The number of aliphatic hydroxyl groups is 1. The van der Waals surface area contributed by atoms with E-state index in [-0.39, 0.29) is 13.2 Å². The van der Waals surface area contributed by atoms with Crippen LogP contribution in [-0.2, 0) is 9.47 Å². The van der Waals surface area contributed by atoms with E-state index in [4.69, 9.17) is 14.6 Å². The standard InChI is InChI=1S/C9H11FN2O5/c10-5-3-12(9(15)11-8(5)14)6-1-2-16-7(4-13)17-6/h3,6-7,13H,1-2,4H2,(H,11,14,15)/t6-,7-/m0/s1. The van der Waals surface area contributed by atoms with E-state index < -0.39 is 29.6 Å². The minimum atomic E-state index is -1.07. The van der Waals surface area contributed by atoms with Crippen molar-refractivity contribution in [3.05, 3.63) is 32.9 Å². The van der Waals surface area contributed by atoms with E-state index in [1.54, 1.807) is 0 Å². The van der Waals surface area contributed by atoms with Gasteiger partial charge in [-0.25, -0.2) is 4.79 Å². The van der Waals surface area contributed by atoms with Gasteiger partial charge < -0.3 is 14.6 Å². The zero-order valence-electron chi connectivity index (χ0n) is 8.76. The van der Waals surface area contributed by atoms with Gasteiger partial charge in [-0.1, -0.05) is 0 Å². The molecule has 1 aromatic heterocycles. The molecule has 1 aliphatic heterocycles. The first-order valence-electron chi connectivity index (χ1n) is 5.00. The third-order valence-corrected chi connectivity index (χ3v) is 2.36. The number of rotatable bonds is 2. The van der Waals surface area contributed by atoms with Crippen molar-refractivity contribution in [1.29, 1.82) is 0 Å². The summed E-state index contributed by atoms with van der Waals surface area (Å²) in [6, 6.07) is 0. The maximum absolute atomic E-state index is 13.1. The minimum Gasteiger partial charge on any atom is -0.391 e. The molecule has 1 aromatic rings. The van der Waals surface area contributed by atoms with Crippen LogP contribution < -0.4 is 11.2 Å². The highest BCUT2D eigenvalue weighted by molar-refractivity contribution is 4.88. The fourth-order valence-electron chi connectivity index (χ4n) is 1.56. The Balaban J connectivity index is 2.31. The summed E-state index contributed by atoms with van der Waals surface area (Å²) in [7, 11) is 0. The molecule has 0 radical (unpaired) electrons. The van der Waals surface area contributed by atoms with Gasteiger partial charge in [0, 0.05) is 6.42 Å². The summed E-state index contributed by atoms with van der Waals surface area (Å²) in [5, 5.41) is 8.85. The second kappa shape index (κ2) is 4.78. The topological polar surface area (TPSA) is 93.6 Å². The van der Waals surface area contributed by atoms with Crippen LogP contribution in [0.15, 0.2) is 15.8 Å². The molecule has 0 amide bonds. The van der Waals surface area contributed by atoms with Crippen molar-refractivity contribution in [2.75, 3.05) is 13.2 Å². The highest BCUT2D eigenvalue weighted by atomic mass is 19.1. The van der Waals surface area contributed by atoms with Crippen molar-refractivity contribution in [1.82, 2.24) is 9.55 Å². The van der Waals surface area contributed by atoms with Crippen LogP contribution in [-0.4, -0.2) is 34.2 Å². The van der Waals surface area contributed by atoms with Crippen LogP contribution in [0.25, 0.3) is 0 Å². The number of ether oxygens (including phenoxy) is 2. The largest absolute Gasteiger partial charge is 0.391 e. The molecule has 17 heavy (non-hydrogen) atoms. The third kappa shape index (κ3) is 2.43. The second-order valence-electron chi connectivity index (χ2n) is 3.51. The van der Waals surface area contributed by atoms with Gasteiger partial charge in [0.05, 0.1) is 19.4 Å². The summed E-state index contributed by atoms with van der Waals surface area (Å²) < 4.78 is 24.2. The molecule has 1 fully saturated rings. The monoisotopic (exact) mass is 246 g/mol. The molecule has 1 aliphatic rings. The molecule has 8 heteroatoms. The second-order valence-corrected chi connectivity index (χ2v) is 3.51. The first kappa shape index (κ1) is 12.0. The van der Waals surface area contributed by atoms with E-state index in [1.807, 2.05) is 4.98 Å². The number of H-pyrrole nitrogens is 1. The first-order chi connectivity index (χ1) is 8.11. The number of aliphatic hydroxyl groups excluding tert-OH is 1. The quantitative estimate of drug-likeness (QED) is 0.693. The molecule has 0 spiro atoms. The molecular formula is C9H11FN2O5. The van der Waals surface area contributed by atoms with E-state index in [2.05, 4.69) is 0 Å². The number of halogens is 1. The van der Waals surface area contributed by atoms with Gasteiger partial charge in [0.25, 0.3) is 5.56 Å². The van der Waals surface area contributed by atoms with Crippen LogP contribution in [0.2, 0.25) is 0 Å². The lowest BCUT2D eigenvalue weighted by Gasteiger charge is -2.29. The number of nitrogens with one attached hydrogen (secondary N) is 1. The maximum atomic E-state index is 13.1. The Morgan fingerprint density at radius 1 is 1.59 bits per heavy atom. The van der Waals surface area contributed by atoms with Gasteiger partial charge >= 0.3 is 5.69 Å². The van der Waals surface area contributed by atoms with Crippen LogP contribution >= 0.6 is 0 Å². The zero-order valence-corrected chi connectivity index (χ0v) is 8.76. The fourth-order valence-corrected chi connectivity index (χ4v) is 1.56. The molecule has 0 saturated carbocycles. The number of hydrogen-bond acceptors (Lipinski definition) is 5. The summed E-state index contributed by atoms with van der Waals surface area (Å²) in [6.45, 7) is -0.0971. The number of nitrogens with zero attached hydrogens (tertiary/aromatic N) is 1. The molecule has 2 N–H and O–H groups in total. The Labute approximate surface area is 94.4 Å². The molecule has 0 aromatic carbocycles. The smallest absolute Gasteiger partial charge is 0.330 e. The molecule has 0 aliphatic carbocycles. The Morgan fingerprint density at radius 3 is 3.06 bits per heavy atom. The molecule has 2 heterocycles. The van der Waals surface area contributed by atoms with E-state index in [0.717, 1.165) is 10.8 Å². The molecule has 2 rings (SSSR count). The van der Waals surface area contributed by atoms with E-state index in [1.165, 1.54) is 0 Å². The van der Waals surface area contributed by atoms with Crippen molar-refractivity contribution < 1.29 is 19.0 Å². The highest BCUT2D eigenvalue weighted by Crippen LogP contribution is 2.19. The molecule has 2 atom stereocenters. The average Bonchev–Trinajstić information content (AvgIpc) is 2.34. The predicted molar refractivity (Wildman–Crippen MR) is 52.8 cm³/mol. The van der Waals surface area contributed by atoms with Gasteiger partial charge in [0.15, 0.2) is 6.29 Å². The molecule has 0 bridgehead atoms. The van der Waals surface area contributed by atoms with Crippen molar-refractivity contribution in [2.45, 2.75) is 18.9 Å². The van der Waals surface area contributed by atoms with Crippen molar-refractivity contribution in [2.24, 2.45) is 0 Å². The highest BCUT2D eigenvalue weighted by Gasteiger charge is 2.25. The number of aromatic nitrogens is 2. The Hall–Kier alpha value is -1.51. The predicted octanol–water partition coefficient (Wildman–Crippen LogP) is -1.07. The van der Waals surface area contributed by atoms with Gasteiger partial charge in [-0.15, -0.1) is 0 Å². The van der Waals surface area contributed by atoms with E-state index in [9.17, 15) is 14.0 Å². The molecule has 94 valence electrons. The number of aromatic amines is 1. The van der Waals surface area contributed by atoms with Crippen LogP contribution in [0.4, 0.5) is 4.39 Å². The lowest BCUT2D eigenvalue weighted by Crippen LogP contribution is -2.40. The summed E-state index contributed by atoms with van der Waals surface area (Å²) in [6.07, 6.45) is -0.511. The van der Waals surface area contributed by atoms with Gasteiger partial charge in [-0.05, 0) is 0 Å². The minimum absolute atomic E-state index is 0.267. The Kier molecular flexibility index (Phi) is 3.36. The van der Waals surface area contributed by atoms with Crippen LogP contribution in [0, 0.1) is 5.82 Å². The van der Waals surface area contributed by atoms with Crippen LogP contribution in [0.5, 0.6) is 0 Å². The maximum Gasteiger partial charge on any atom is 0.330 e. The normalized spacial score (nSPS) is 24.8. The van der Waals surface area contributed by atoms with Crippen LogP contribution in [0.3, 0.4) is 0 Å². The average molecular weight is 246 g/mol.